The first-order chi connectivity index (χ1) is 18.1. The molecule has 11 heteroatoms. The molecule has 4 aromatic rings. The summed E-state index contributed by atoms with van der Waals surface area (Å²) in [6.45, 7) is 7.05. The number of amides is 1. The van der Waals surface area contributed by atoms with Crippen LogP contribution in [0, 0.1) is 5.92 Å². The highest BCUT2D eigenvalue weighted by molar-refractivity contribution is 7.90. The van der Waals surface area contributed by atoms with Gasteiger partial charge in [0.1, 0.15) is 5.82 Å². The zero-order valence-electron chi connectivity index (χ0n) is 21.2. The predicted octanol–water partition coefficient (Wildman–Crippen LogP) is 4.62. The maximum Gasteiger partial charge on any atom is 0.283 e. The first-order valence-electron chi connectivity index (χ1n) is 12.1. The summed E-state index contributed by atoms with van der Waals surface area (Å²) >= 11 is 0. The number of carbonyl (C=O) groups is 1. The molecule has 3 aromatic heterocycles. The lowest BCUT2D eigenvalue weighted by atomic mass is 9.97. The summed E-state index contributed by atoms with van der Waals surface area (Å²) in [5, 5.41) is 2.78. The van der Waals surface area contributed by atoms with Gasteiger partial charge >= 0.3 is 0 Å². The molecular formula is C27H28N6O4S. The second kappa shape index (κ2) is 9.90. The van der Waals surface area contributed by atoms with E-state index in [0.29, 0.717) is 23.2 Å². The van der Waals surface area contributed by atoms with Crippen LogP contribution in [0.5, 0.6) is 0 Å². The summed E-state index contributed by atoms with van der Waals surface area (Å²) < 4.78 is 34.2. The van der Waals surface area contributed by atoms with Crippen molar-refractivity contribution in [2.75, 3.05) is 16.8 Å². The third-order valence-corrected chi connectivity index (χ3v) is 7.78. The number of aromatic nitrogens is 3. The van der Waals surface area contributed by atoms with Crippen LogP contribution < -0.4 is 14.9 Å². The minimum absolute atomic E-state index is 0.187. The van der Waals surface area contributed by atoms with Crippen molar-refractivity contribution >= 4 is 33.1 Å². The fourth-order valence-corrected chi connectivity index (χ4v) is 5.96. The van der Waals surface area contributed by atoms with E-state index in [1.54, 1.807) is 48.8 Å². The number of oxazole rings is 1. The molecule has 1 aromatic carbocycles. The molecule has 1 saturated heterocycles. The van der Waals surface area contributed by atoms with Crippen LogP contribution in [0.1, 0.15) is 37.6 Å². The molecule has 1 aliphatic rings. The van der Waals surface area contributed by atoms with Gasteiger partial charge in [-0.2, -0.15) is 8.42 Å². The van der Waals surface area contributed by atoms with Gasteiger partial charge < -0.3 is 14.6 Å². The summed E-state index contributed by atoms with van der Waals surface area (Å²) in [5.74, 6) is 0.723. The highest BCUT2D eigenvalue weighted by Gasteiger charge is 2.39. The quantitative estimate of drug-likeness (QED) is 0.350. The third kappa shape index (κ3) is 5.10. The maximum absolute atomic E-state index is 13.4. The fourth-order valence-electron chi connectivity index (χ4n) is 4.91. The number of rotatable bonds is 7. The van der Waals surface area contributed by atoms with E-state index in [9.17, 15) is 13.2 Å². The van der Waals surface area contributed by atoms with E-state index in [2.05, 4.69) is 50.7 Å². The number of nitrogens with zero attached hydrogens (tertiary/aromatic N) is 4. The number of carbonyl (C=O) groups excluding carboxylic acids is 1. The molecule has 38 heavy (non-hydrogen) atoms. The number of benzene rings is 1. The number of hydrogen-bond donors (Lipinski definition) is 2. The molecule has 196 valence electrons. The normalized spacial score (nSPS) is 16.8. The number of anilines is 3. The predicted molar refractivity (Wildman–Crippen MR) is 144 cm³/mol. The Kier molecular flexibility index (Phi) is 6.62. The van der Waals surface area contributed by atoms with Gasteiger partial charge in [-0.1, -0.05) is 6.92 Å². The summed E-state index contributed by atoms with van der Waals surface area (Å²) in [6.07, 6.45) is 6.86. The van der Waals surface area contributed by atoms with Gasteiger partial charge in [-0.05, 0) is 74.7 Å². The van der Waals surface area contributed by atoms with Crippen molar-refractivity contribution in [1.29, 1.82) is 0 Å². The van der Waals surface area contributed by atoms with Crippen LogP contribution in [-0.2, 0) is 10.0 Å². The van der Waals surface area contributed by atoms with Gasteiger partial charge in [0.25, 0.3) is 15.9 Å². The van der Waals surface area contributed by atoms with E-state index in [4.69, 9.17) is 4.42 Å². The van der Waals surface area contributed by atoms with Crippen LogP contribution in [-0.4, -0.2) is 41.4 Å². The van der Waals surface area contributed by atoms with Gasteiger partial charge in [0.05, 0.1) is 17.4 Å². The lowest BCUT2D eigenvalue weighted by Crippen LogP contribution is -2.41. The molecule has 1 fully saturated rings. The molecule has 1 atom stereocenters. The molecule has 10 nitrogen and oxygen atoms in total. The van der Waals surface area contributed by atoms with Gasteiger partial charge in [-0.25, -0.2) is 19.7 Å². The molecule has 1 unspecified atom stereocenters. The first kappa shape index (κ1) is 25.4. The van der Waals surface area contributed by atoms with Crippen LogP contribution in [0.15, 0.2) is 83.0 Å². The summed E-state index contributed by atoms with van der Waals surface area (Å²) in [5.41, 5.74) is 1.64. The number of pyridine rings is 2. The van der Waals surface area contributed by atoms with Crippen molar-refractivity contribution in [3.8, 4) is 11.3 Å². The Hall–Kier alpha value is -4.25. The van der Waals surface area contributed by atoms with Gasteiger partial charge in [-0.15, -0.1) is 0 Å². The van der Waals surface area contributed by atoms with Gasteiger partial charge in [-0.3, -0.25) is 4.79 Å². The Morgan fingerprint density at radius 2 is 1.82 bits per heavy atom. The van der Waals surface area contributed by atoms with Crippen molar-refractivity contribution in [3.63, 3.8) is 0 Å². The topological polar surface area (TPSA) is 130 Å². The molecule has 5 rings (SSSR count). The Bertz CT molecular complexity index is 1550. The molecule has 0 radical (unpaired) electrons. The monoisotopic (exact) mass is 532 g/mol. The fraction of sp³-hybridized carbons (Fsp3) is 0.259. The van der Waals surface area contributed by atoms with Gasteiger partial charge in [0.15, 0.2) is 17.2 Å². The van der Waals surface area contributed by atoms with E-state index in [1.165, 1.54) is 12.6 Å². The smallest absolute Gasteiger partial charge is 0.283 e. The van der Waals surface area contributed by atoms with Gasteiger partial charge in [0, 0.05) is 35.7 Å². The third-order valence-electron chi connectivity index (χ3n) is 6.49. The Morgan fingerprint density at radius 1 is 1.08 bits per heavy atom. The molecule has 0 spiro atoms. The van der Waals surface area contributed by atoms with Crippen molar-refractivity contribution in [2.24, 2.45) is 5.92 Å². The molecule has 1 amide bonds. The standard InChI is InChI=1S/C27H28N6O4S/c1-18-14-27(2,3)33(16-18)24-21(6-4-12-29-24)25(34)32-38(35,36)26-22(7-5-13-30-26)31-20-10-8-19(9-11-20)23-15-28-17-37-23/h4-13,15,17-18,31H,14,16H2,1-3H3,(H,32,34). The lowest BCUT2D eigenvalue weighted by Gasteiger charge is -2.33. The first-order valence-corrected chi connectivity index (χ1v) is 13.6. The summed E-state index contributed by atoms with van der Waals surface area (Å²) in [7, 11) is -4.32. The van der Waals surface area contributed by atoms with Crippen molar-refractivity contribution in [3.05, 3.63) is 79.1 Å². The van der Waals surface area contributed by atoms with E-state index in [1.807, 2.05) is 12.1 Å². The zero-order chi connectivity index (χ0) is 26.9. The summed E-state index contributed by atoms with van der Waals surface area (Å²) in [4.78, 5) is 27.8. The molecule has 2 N–H and O–H groups in total. The highest BCUT2D eigenvalue weighted by atomic mass is 32.2. The second-order valence-electron chi connectivity index (χ2n) is 9.97. The van der Waals surface area contributed by atoms with Crippen molar-refractivity contribution in [2.45, 2.75) is 37.8 Å². The van der Waals surface area contributed by atoms with Crippen LogP contribution >= 0.6 is 0 Å². The van der Waals surface area contributed by atoms with Crippen molar-refractivity contribution in [1.82, 2.24) is 19.7 Å². The number of hydrogen-bond acceptors (Lipinski definition) is 9. The minimum Gasteiger partial charge on any atom is -0.444 e. The van der Waals surface area contributed by atoms with E-state index in [-0.39, 0.29) is 21.8 Å². The van der Waals surface area contributed by atoms with Crippen molar-refractivity contribution < 1.29 is 17.6 Å². The molecule has 4 heterocycles. The number of nitrogens with one attached hydrogen (secondary N) is 2. The largest absolute Gasteiger partial charge is 0.444 e. The Labute approximate surface area is 221 Å². The molecule has 0 saturated carbocycles. The number of sulfonamides is 1. The lowest BCUT2D eigenvalue weighted by molar-refractivity contribution is 0.0981. The molecule has 0 aliphatic carbocycles. The maximum atomic E-state index is 13.4. The Morgan fingerprint density at radius 3 is 2.50 bits per heavy atom. The second-order valence-corrected chi connectivity index (χ2v) is 11.6. The van der Waals surface area contributed by atoms with E-state index >= 15 is 0 Å². The van der Waals surface area contributed by atoms with Crippen LogP contribution in [0.3, 0.4) is 0 Å². The summed E-state index contributed by atoms with van der Waals surface area (Å²) in [6, 6.07) is 13.6. The minimum atomic E-state index is -4.32. The van der Waals surface area contributed by atoms with E-state index in [0.717, 1.165) is 18.5 Å². The average molecular weight is 533 g/mol. The van der Waals surface area contributed by atoms with E-state index < -0.39 is 15.9 Å². The molecule has 1 aliphatic heterocycles. The van der Waals surface area contributed by atoms with Crippen LogP contribution in [0.25, 0.3) is 11.3 Å². The molecule has 0 bridgehead atoms. The van der Waals surface area contributed by atoms with Crippen LogP contribution in [0.4, 0.5) is 17.2 Å². The SMILES string of the molecule is CC1CN(c2ncccc2C(=O)NS(=O)(=O)c2ncccc2Nc2ccc(-c3cnco3)cc2)C(C)(C)C1. The highest BCUT2D eigenvalue weighted by Crippen LogP contribution is 2.37. The van der Waals surface area contributed by atoms with Crippen LogP contribution in [0.2, 0.25) is 0 Å². The van der Waals surface area contributed by atoms with Gasteiger partial charge in [0.2, 0.25) is 0 Å². The Balaban J connectivity index is 1.39. The average Bonchev–Trinajstić information content (AvgIpc) is 3.51. The zero-order valence-corrected chi connectivity index (χ0v) is 22.1. The molecular weight excluding hydrogens is 504 g/mol.